The molecule has 1 N–H and O–H groups in total. The zero-order valence-corrected chi connectivity index (χ0v) is 23.1. The Hall–Kier alpha value is -4.24. The Kier molecular flexibility index (Phi) is 8.40. The van der Waals surface area contributed by atoms with E-state index in [0.29, 0.717) is 41.6 Å². The van der Waals surface area contributed by atoms with Crippen molar-refractivity contribution >= 4 is 28.5 Å². The van der Waals surface area contributed by atoms with E-state index in [1.807, 2.05) is 60.7 Å². The fourth-order valence-electron chi connectivity index (χ4n) is 5.03. The molecule has 3 aromatic carbocycles. The van der Waals surface area contributed by atoms with Crippen molar-refractivity contribution in [1.82, 2.24) is 20.3 Å². The summed E-state index contributed by atoms with van der Waals surface area (Å²) in [6.45, 7) is 5.22. The molecule has 2 amide bonds. The molecule has 4 aromatic rings. The van der Waals surface area contributed by atoms with Crippen LogP contribution >= 0.6 is 0 Å². The molecule has 0 spiro atoms. The number of nitrogens with zero attached hydrogens (tertiary/aromatic N) is 4. The van der Waals surface area contributed by atoms with Gasteiger partial charge in [-0.2, -0.15) is 0 Å². The molecule has 1 fully saturated rings. The number of benzene rings is 3. The summed E-state index contributed by atoms with van der Waals surface area (Å²) >= 11 is 0. The van der Waals surface area contributed by atoms with Crippen molar-refractivity contribution in [1.29, 1.82) is 0 Å². The number of amides is 2. The van der Waals surface area contributed by atoms with Crippen molar-refractivity contribution < 1.29 is 19.1 Å². The molecular weight excluding hydrogens is 506 g/mol. The molecule has 40 heavy (non-hydrogen) atoms. The highest BCUT2D eigenvalue weighted by Crippen LogP contribution is 2.32. The van der Waals surface area contributed by atoms with Crippen LogP contribution in [0.5, 0.6) is 5.75 Å². The minimum atomic E-state index is -0.933. The second kappa shape index (κ2) is 12.3. The predicted molar refractivity (Wildman–Crippen MR) is 153 cm³/mol. The molecule has 0 saturated carbocycles. The quantitative estimate of drug-likeness (QED) is 0.314. The third-order valence-corrected chi connectivity index (χ3v) is 7.26. The first-order valence-corrected chi connectivity index (χ1v) is 13.7. The number of nitrogens with one attached hydrogen (secondary N) is 1. The summed E-state index contributed by atoms with van der Waals surface area (Å²) in [7, 11) is 1.57. The van der Waals surface area contributed by atoms with E-state index in [4.69, 9.17) is 9.47 Å². The molecule has 2 atom stereocenters. The number of methoxy groups -OCH3 is 1. The molecule has 5 rings (SSSR count). The van der Waals surface area contributed by atoms with Crippen LogP contribution in [0.2, 0.25) is 0 Å². The van der Waals surface area contributed by atoms with Crippen molar-refractivity contribution in [2.24, 2.45) is 0 Å². The molecular formula is C31H35N5O4. The Morgan fingerprint density at radius 2 is 1.85 bits per heavy atom. The molecule has 1 saturated heterocycles. The Labute approximate surface area is 234 Å². The Morgan fingerprint density at radius 1 is 1.07 bits per heavy atom. The highest BCUT2D eigenvalue weighted by molar-refractivity contribution is 6.01. The fourth-order valence-corrected chi connectivity index (χ4v) is 5.03. The summed E-state index contributed by atoms with van der Waals surface area (Å²) in [6, 6.07) is 21.6. The number of para-hydroxylation sites is 1. The highest BCUT2D eigenvalue weighted by atomic mass is 16.5. The third kappa shape index (κ3) is 5.99. The van der Waals surface area contributed by atoms with Crippen LogP contribution in [0.4, 0.5) is 5.69 Å². The van der Waals surface area contributed by atoms with Gasteiger partial charge in [0.05, 0.1) is 18.7 Å². The van der Waals surface area contributed by atoms with E-state index in [1.54, 1.807) is 23.9 Å². The van der Waals surface area contributed by atoms with Gasteiger partial charge in [0.15, 0.2) is 0 Å². The van der Waals surface area contributed by atoms with Crippen molar-refractivity contribution in [3.63, 3.8) is 0 Å². The molecule has 1 aliphatic rings. The van der Waals surface area contributed by atoms with Crippen molar-refractivity contribution in [2.75, 3.05) is 25.2 Å². The summed E-state index contributed by atoms with van der Waals surface area (Å²) in [5.41, 5.74) is 3.82. The zero-order valence-electron chi connectivity index (χ0n) is 23.1. The second-order valence-electron chi connectivity index (χ2n) is 10.3. The lowest BCUT2D eigenvalue weighted by molar-refractivity contribution is -0.127. The van der Waals surface area contributed by atoms with E-state index in [0.717, 1.165) is 23.9 Å². The van der Waals surface area contributed by atoms with E-state index >= 15 is 0 Å². The van der Waals surface area contributed by atoms with Gasteiger partial charge in [-0.05, 0) is 54.2 Å². The number of anilines is 1. The topological polar surface area (TPSA) is 98.6 Å². The Balaban J connectivity index is 1.56. The van der Waals surface area contributed by atoms with Crippen LogP contribution in [0.3, 0.4) is 0 Å². The Morgan fingerprint density at radius 3 is 2.58 bits per heavy atom. The normalized spacial score (nSPS) is 15.8. The molecule has 2 heterocycles. The van der Waals surface area contributed by atoms with Gasteiger partial charge in [-0.3, -0.25) is 14.5 Å². The number of ether oxygens (including phenoxy) is 2. The molecule has 1 aromatic heterocycles. The monoisotopic (exact) mass is 541 g/mol. The number of hydrogen-bond donors (Lipinski definition) is 1. The molecule has 0 radical (unpaired) electrons. The summed E-state index contributed by atoms with van der Waals surface area (Å²) in [5.74, 6) is 0.314. The van der Waals surface area contributed by atoms with Crippen LogP contribution in [0.25, 0.3) is 11.0 Å². The maximum atomic E-state index is 14.2. The summed E-state index contributed by atoms with van der Waals surface area (Å²) < 4.78 is 12.8. The predicted octanol–water partition coefficient (Wildman–Crippen LogP) is 4.63. The van der Waals surface area contributed by atoms with Crippen LogP contribution in [0, 0.1) is 0 Å². The lowest BCUT2D eigenvalue weighted by Gasteiger charge is -2.32. The van der Waals surface area contributed by atoms with Gasteiger partial charge in [-0.15, -0.1) is 5.10 Å². The minimum Gasteiger partial charge on any atom is -0.497 e. The lowest BCUT2D eigenvalue weighted by atomic mass is 9.97. The maximum Gasteiger partial charge on any atom is 0.249 e. The maximum absolute atomic E-state index is 14.2. The zero-order chi connectivity index (χ0) is 28.1. The van der Waals surface area contributed by atoms with E-state index in [1.165, 1.54) is 4.90 Å². The highest BCUT2D eigenvalue weighted by Gasteiger charge is 2.34. The molecule has 9 nitrogen and oxygen atoms in total. The number of rotatable bonds is 10. The van der Waals surface area contributed by atoms with Gasteiger partial charge in [0, 0.05) is 24.9 Å². The van der Waals surface area contributed by atoms with Gasteiger partial charge >= 0.3 is 0 Å². The summed E-state index contributed by atoms with van der Waals surface area (Å²) in [4.78, 5) is 29.7. The van der Waals surface area contributed by atoms with Gasteiger partial charge in [-0.1, -0.05) is 61.5 Å². The van der Waals surface area contributed by atoms with Gasteiger partial charge < -0.3 is 14.8 Å². The van der Waals surface area contributed by atoms with Crippen LogP contribution in [-0.2, 0) is 20.9 Å². The fraction of sp³-hybridized carbons (Fsp3) is 0.355. The first-order chi connectivity index (χ1) is 19.4. The number of fused-ring (bicyclic) bond motifs is 1. The first-order valence-electron chi connectivity index (χ1n) is 13.7. The number of hydrogen-bond acceptors (Lipinski definition) is 6. The molecule has 9 heteroatoms. The minimum absolute atomic E-state index is 0.0320. The van der Waals surface area contributed by atoms with E-state index < -0.39 is 6.04 Å². The average Bonchev–Trinajstić information content (AvgIpc) is 3.65. The first kappa shape index (κ1) is 27.3. The molecule has 1 aliphatic heterocycles. The van der Waals surface area contributed by atoms with Crippen molar-refractivity contribution in [3.05, 3.63) is 83.9 Å². The summed E-state index contributed by atoms with van der Waals surface area (Å²) in [6.07, 6.45) is 1.84. The largest absolute Gasteiger partial charge is 0.497 e. The lowest BCUT2D eigenvalue weighted by Crippen LogP contribution is -2.46. The van der Waals surface area contributed by atoms with Crippen LogP contribution in [-0.4, -0.2) is 53.2 Å². The number of aromatic nitrogens is 3. The van der Waals surface area contributed by atoms with Crippen LogP contribution < -0.4 is 15.0 Å². The number of carbonyl (C=O) groups is 2. The Bertz CT molecular complexity index is 1460. The number of carbonyl (C=O) groups excluding carboxylic acids is 2. The van der Waals surface area contributed by atoms with E-state index in [2.05, 4.69) is 29.5 Å². The van der Waals surface area contributed by atoms with Gasteiger partial charge in [0.2, 0.25) is 11.8 Å². The van der Waals surface area contributed by atoms with E-state index in [9.17, 15) is 9.59 Å². The molecule has 0 aliphatic carbocycles. The van der Waals surface area contributed by atoms with Crippen LogP contribution in [0.1, 0.15) is 49.8 Å². The smallest absolute Gasteiger partial charge is 0.249 e. The van der Waals surface area contributed by atoms with E-state index in [-0.39, 0.29) is 24.5 Å². The molecule has 208 valence electrons. The van der Waals surface area contributed by atoms with Gasteiger partial charge in [-0.25, -0.2) is 4.68 Å². The van der Waals surface area contributed by atoms with Gasteiger partial charge in [0.25, 0.3) is 0 Å². The third-order valence-electron chi connectivity index (χ3n) is 7.26. The average molecular weight is 542 g/mol. The van der Waals surface area contributed by atoms with Crippen molar-refractivity contribution in [2.45, 2.75) is 51.3 Å². The SMILES string of the molecule is COc1cccc(N(C(=O)Cn2nnc3ccccc32)[C@H](C(=O)NC[C@@H]2CCCO2)c2ccc(C(C)C)cc2)c1. The summed E-state index contributed by atoms with van der Waals surface area (Å²) in [5, 5.41) is 11.5. The standard InChI is InChI=1S/C31H35N5O4/c1-21(2)22-13-15-23(16-14-22)30(31(38)32-19-26-10-7-17-40-26)36(24-8-6-9-25(18-24)39-3)29(37)20-35-28-12-5-4-11-27(28)33-34-35/h4-6,8-9,11-16,18,21,26,30H,7,10,17,19-20H2,1-3H3,(H,32,38)/t26-,30-/m0/s1. The van der Waals surface area contributed by atoms with Gasteiger partial charge in [0.1, 0.15) is 23.9 Å². The van der Waals surface area contributed by atoms with Crippen LogP contribution in [0.15, 0.2) is 72.8 Å². The van der Waals surface area contributed by atoms with Crippen molar-refractivity contribution in [3.8, 4) is 5.75 Å². The molecule has 0 unspecified atom stereocenters. The molecule has 0 bridgehead atoms. The second-order valence-corrected chi connectivity index (χ2v) is 10.3.